The van der Waals surface area contributed by atoms with E-state index in [0.29, 0.717) is 4.22 Å². The van der Waals surface area contributed by atoms with Crippen molar-refractivity contribution in [3.63, 3.8) is 0 Å². The Morgan fingerprint density at radius 1 is 1.25 bits per heavy atom. The molecule has 0 aromatic heterocycles. The fourth-order valence-corrected chi connectivity index (χ4v) is 3.67. The van der Waals surface area contributed by atoms with E-state index in [0.717, 1.165) is 12.8 Å². The molecule has 0 spiro atoms. The number of allylic oxidation sites excluding steroid dienone is 7. The van der Waals surface area contributed by atoms with Gasteiger partial charge in [0.25, 0.3) is 0 Å². The topological polar surface area (TPSA) is 0 Å². The van der Waals surface area contributed by atoms with Gasteiger partial charge in [0.15, 0.2) is 0 Å². The van der Waals surface area contributed by atoms with Crippen LogP contribution in [0.25, 0.3) is 5.57 Å². The predicted octanol–water partition coefficient (Wildman–Crippen LogP) is -1.49. The van der Waals surface area contributed by atoms with E-state index >= 15 is 0 Å². The molecule has 1 atom stereocenters. The minimum atomic E-state index is 0. The van der Waals surface area contributed by atoms with Crippen LogP contribution in [0.2, 0.25) is 0 Å². The van der Waals surface area contributed by atoms with Crippen LogP contribution in [0.1, 0.15) is 28.2 Å². The summed E-state index contributed by atoms with van der Waals surface area (Å²) in [6.07, 6.45) is 10.7. The van der Waals surface area contributed by atoms with Gasteiger partial charge in [0.1, 0.15) is 0 Å². The van der Waals surface area contributed by atoms with Crippen LogP contribution >= 0.6 is 0 Å². The monoisotopic (exact) mass is 337 g/mol. The van der Waals surface area contributed by atoms with E-state index in [1.807, 2.05) is 6.08 Å². The molecule has 0 aliphatic heterocycles. The molecule has 0 radical (unpaired) electrons. The summed E-state index contributed by atoms with van der Waals surface area (Å²) in [5.74, 6) is 0. The largest absolute Gasteiger partial charge is 1.00 e. The molecule has 1 aromatic rings. The molecule has 2 aliphatic carbocycles. The van der Waals surface area contributed by atoms with E-state index in [1.165, 1.54) is 27.8 Å². The van der Waals surface area contributed by atoms with E-state index in [2.05, 4.69) is 69.5 Å². The van der Waals surface area contributed by atoms with Crippen LogP contribution in [0.15, 0.2) is 66.3 Å². The average Bonchev–Trinajstić information content (AvgIpc) is 2.99. The van der Waals surface area contributed by atoms with Gasteiger partial charge in [-0.05, 0) is 0 Å². The minimum Gasteiger partial charge on any atom is -1.00 e. The summed E-state index contributed by atoms with van der Waals surface area (Å²) in [4.78, 5) is 0. The van der Waals surface area contributed by atoms with Gasteiger partial charge in [-0.3, -0.25) is 0 Å². The third kappa shape index (κ3) is 2.90. The molecule has 1 aromatic carbocycles. The van der Waals surface area contributed by atoms with Crippen LogP contribution in [0, 0.1) is 0 Å². The molecular formula is C17H15Cl2Ti. The van der Waals surface area contributed by atoms with Crippen LogP contribution in [0.5, 0.6) is 0 Å². The molecule has 0 fully saturated rings. The van der Waals surface area contributed by atoms with E-state index in [-0.39, 0.29) is 24.8 Å². The zero-order valence-corrected chi connectivity index (χ0v) is 14.1. The van der Waals surface area contributed by atoms with E-state index < -0.39 is 0 Å². The van der Waals surface area contributed by atoms with Crippen molar-refractivity contribution in [3.8, 4) is 0 Å². The molecule has 0 saturated carbocycles. The van der Waals surface area contributed by atoms with Crippen molar-refractivity contribution in [1.29, 1.82) is 0 Å². The second kappa shape index (κ2) is 7.47. The number of fused-ring (bicyclic) bond motifs is 1. The molecule has 0 N–H and O–H groups in total. The number of hydrogen-bond donors (Lipinski definition) is 0. The van der Waals surface area contributed by atoms with Crippen molar-refractivity contribution in [1.82, 2.24) is 0 Å². The summed E-state index contributed by atoms with van der Waals surface area (Å²) >= 11 is 2.31. The second-order valence-corrected chi connectivity index (χ2v) is 5.64. The van der Waals surface area contributed by atoms with Gasteiger partial charge in [0.05, 0.1) is 0 Å². The van der Waals surface area contributed by atoms with Crippen LogP contribution in [-0.4, -0.2) is 0 Å². The third-order valence-corrected chi connectivity index (χ3v) is 4.70. The van der Waals surface area contributed by atoms with E-state index in [1.54, 1.807) is 0 Å². The first-order chi connectivity index (χ1) is 8.83. The Balaban J connectivity index is 0.000001000. The number of rotatable bonds is 3. The predicted molar refractivity (Wildman–Crippen MR) is 72.8 cm³/mol. The Bertz CT molecular complexity index is 597. The van der Waals surface area contributed by atoms with Crippen molar-refractivity contribution in [3.05, 3.63) is 77.4 Å². The maximum Gasteiger partial charge on any atom is -1.00 e. The van der Waals surface area contributed by atoms with Crippen LogP contribution < -0.4 is 24.8 Å². The molecule has 101 valence electrons. The first-order valence-electron chi connectivity index (χ1n) is 6.33. The van der Waals surface area contributed by atoms with Crippen LogP contribution in [0.3, 0.4) is 0 Å². The minimum absolute atomic E-state index is 0. The van der Waals surface area contributed by atoms with Crippen molar-refractivity contribution in [2.75, 3.05) is 0 Å². The maximum atomic E-state index is 3.91. The Morgan fingerprint density at radius 2 is 2.00 bits per heavy atom. The summed E-state index contributed by atoms with van der Waals surface area (Å²) in [5.41, 5.74) is 7.36. The summed E-state index contributed by atoms with van der Waals surface area (Å²) in [6, 6.07) is 8.81. The SMILES string of the molecule is C=CCC1=C(C2=CC=CC2)c2ccccc2[CH]1[Ti+2].[Cl-].[Cl-]. The average molecular weight is 338 g/mol. The summed E-state index contributed by atoms with van der Waals surface area (Å²) in [6.45, 7) is 3.91. The first kappa shape index (κ1) is 17.5. The summed E-state index contributed by atoms with van der Waals surface area (Å²) in [5, 5.41) is 0. The molecule has 0 amide bonds. The molecule has 2 aliphatic rings. The summed E-state index contributed by atoms with van der Waals surface area (Å²) in [7, 11) is 0. The van der Waals surface area contributed by atoms with Crippen LogP contribution in [0.4, 0.5) is 0 Å². The molecule has 1 unspecified atom stereocenters. The normalized spacial score (nSPS) is 19.1. The van der Waals surface area contributed by atoms with Crippen molar-refractivity contribution >= 4 is 5.57 Å². The van der Waals surface area contributed by atoms with Gasteiger partial charge >= 0.3 is 120 Å². The Morgan fingerprint density at radius 3 is 2.65 bits per heavy atom. The molecule has 0 bridgehead atoms. The van der Waals surface area contributed by atoms with E-state index in [4.69, 9.17) is 0 Å². The third-order valence-electron chi connectivity index (χ3n) is 3.67. The molecule has 20 heavy (non-hydrogen) atoms. The molecule has 3 heteroatoms. The van der Waals surface area contributed by atoms with Crippen LogP contribution in [-0.2, 0) is 20.4 Å². The van der Waals surface area contributed by atoms with Gasteiger partial charge in [-0.1, -0.05) is 0 Å². The smallest absolute Gasteiger partial charge is 1.00 e. The Hall–Kier alpha value is -0.526. The zero-order chi connectivity index (χ0) is 12.5. The van der Waals surface area contributed by atoms with Gasteiger partial charge < -0.3 is 24.8 Å². The second-order valence-electron chi connectivity index (χ2n) is 4.74. The van der Waals surface area contributed by atoms with Crippen molar-refractivity contribution in [2.24, 2.45) is 0 Å². The van der Waals surface area contributed by atoms with Gasteiger partial charge in [-0.2, -0.15) is 0 Å². The number of halogens is 2. The fourth-order valence-electron chi connectivity index (χ4n) is 2.87. The Kier molecular flexibility index (Phi) is 6.55. The number of hydrogen-bond acceptors (Lipinski definition) is 0. The zero-order valence-electron chi connectivity index (χ0n) is 11.1. The van der Waals surface area contributed by atoms with Gasteiger partial charge in [0.2, 0.25) is 0 Å². The quantitative estimate of drug-likeness (QED) is 0.466. The standard InChI is InChI=1S/C17H15.2ClH.Ti/c1-2-7-15-12-14-10-5-6-11-16(14)17(15)13-8-3-4-9-13;;;/h2-6,8,10-12H,1,7,9H2;2*1H;/q;;;+2/p-2. The van der Waals surface area contributed by atoms with Gasteiger partial charge in [-0.25, -0.2) is 0 Å². The fraction of sp³-hybridized carbons (Fsp3) is 0.176. The van der Waals surface area contributed by atoms with Gasteiger partial charge in [-0.15, -0.1) is 0 Å². The molecule has 0 saturated heterocycles. The first-order valence-corrected chi connectivity index (χ1v) is 7.23. The van der Waals surface area contributed by atoms with Crippen molar-refractivity contribution in [2.45, 2.75) is 17.1 Å². The molecule has 0 nitrogen and oxygen atoms in total. The van der Waals surface area contributed by atoms with E-state index in [9.17, 15) is 0 Å². The Labute approximate surface area is 145 Å². The maximum absolute atomic E-state index is 3.91. The van der Waals surface area contributed by atoms with Crippen molar-refractivity contribution < 1.29 is 45.2 Å². The molecule has 3 rings (SSSR count). The molecule has 0 heterocycles. The molecular weight excluding hydrogens is 323 g/mol. The summed E-state index contributed by atoms with van der Waals surface area (Å²) < 4.78 is 0.524. The van der Waals surface area contributed by atoms with Gasteiger partial charge in [0, 0.05) is 0 Å². The number of benzene rings is 1.